The molecule has 1 aromatic rings. The van der Waals surface area contributed by atoms with E-state index < -0.39 is 12.1 Å². The first-order chi connectivity index (χ1) is 7.57. The van der Waals surface area contributed by atoms with Crippen LogP contribution in [0.3, 0.4) is 0 Å². The Kier molecular flexibility index (Phi) is 3.08. The topological polar surface area (TPSA) is 3.24 Å². The summed E-state index contributed by atoms with van der Waals surface area (Å²) in [6.07, 6.45) is -3.20. The van der Waals surface area contributed by atoms with E-state index in [0.717, 1.165) is 12.2 Å². The minimum Gasteiger partial charge on any atom is -0.371 e. The first-order valence-corrected chi connectivity index (χ1v) is 5.44. The maximum Gasteiger partial charge on any atom is 0.393 e. The SMILES string of the molecule is FC(F)(F)C1CCCN(c2ccccc2)C1. The molecule has 2 rings (SSSR count). The highest BCUT2D eigenvalue weighted by atomic mass is 19.4. The van der Waals surface area contributed by atoms with Crippen molar-refractivity contribution in [2.45, 2.75) is 19.0 Å². The molecule has 0 spiro atoms. The summed E-state index contributed by atoms with van der Waals surface area (Å²) in [7, 11) is 0. The molecule has 1 heterocycles. The molecule has 0 bridgehead atoms. The monoisotopic (exact) mass is 229 g/mol. The first kappa shape index (κ1) is 11.3. The summed E-state index contributed by atoms with van der Waals surface area (Å²) in [6, 6.07) is 9.30. The van der Waals surface area contributed by atoms with Crippen LogP contribution in [0.2, 0.25) is 0 Å². The predicted octanol–water partition coefficient (Wildman–Crippen LogP) is 3.47. The van der Waals surface area contributed by atoms with E-state index >= 15 is 0 Å². The van der Waals surface area contributed by atoms with E-state index in [2.05, 4.69) is 0 Å². The van der Waals surface area contributed by atoms with Crippen LogP contribution in [0.5, 0.6) is 0 Å². The summed E-state index contributed by atoms with van der Waals surface area (Å²) in [5.41, 5.74) is 0.886. The smallest absolute Gasteiger partial charge is 0.371 e. The van der Waals surface area contributed by atoms with Crippen LogP contribution >= 0.6 is 0 Å². The second-order valence-electron chi connectivity index (χ2n) is 4.16. The van der Waals surface area contributed by atoms with Gasteiger partial charge in [0.15, 0.2) is 0 Å². The van der Waals surface area contributed by atoms with E-state index in [0.29, 0.717) is 6.42 Å². The summed E-state index contributed by atoms with van der Waals surface area (Å²) >= 11 is 0. The molecule has 88 valence electrons. The number of anilines is 1. The van der Waals surface area contributed by atoms with Gasteiger partial charge in [-0.2, -0.15) is 13.2 Å². The van der Waals surface area contributed by atoms with Gasteiger partial charge in [-0.05, 0) is 25.0 Å². The number of piperidine rings is 1. The zero-order chi connectivity index (χ0) is 11.6. The molecular weight excluding hydrogens is 215 g/mol. The molecule has 1 atom stereocenters. The van der Waals surface area contributed by atoms with Gasteiger partial charge in [-0.15, -0.1) is 0 Å². The Bertz CT molecular complexity index is 334. The van der Waals surface area contributed by atoms with Crippen molar-refractivity contribution in [2.24, 2.45) is 5.92 Å². The van der Waals surface area contributed by atoms with Gasteiger partial charge in [-0.25, -0.2) is 0 Å². The molecule has 1 aromatic carbocycles. The molecule has 16 heavy (non-hydrogen) atoms. The lowest BCUT2D eigenvalue weighted by Crippen LogP contribution is -2.41. The largest absolute Gasteiger partial charge is 0.393 e. The highest BCUT2D eigenvalue weighted by Gasteiger charge is 2.41. The van der Waals surface area contributed by atoms with Crippen LogP contribution in [-0.4, -0.2) is 19.3 Å². The standard InChI is InChI=1S/C12H14F3N/c13-12(14,15)10-5-4-8-16(9-10)11-6-2-1-3-7-11/h1-3,6-7,10H,4-5,8-9H2. The van der Waals surface area contributed by atoms with Crippen molar-refractivity contribution in [3.63, 3.8) is 0 Å². The van der Waals surface area contributed by atoms with Crippen molar-refractivity contribution in [1.29, 1.82) is 0 Å². The Hall–Kier alpha value is -1.19. The summed E-state index contributed by atoms with van der Waals surface area (Å²) < 4.78 is 37.8. The maximum atomic E-state index is 12.6. The number of rotatable bonds is 1. The molecule has 1 aliphatic rings. The van der Waals surface area contributed by atoms with Crippen molar-refractivity contribution in [3.05, 3.63) is 30.3 Å². The lowest BCUT2D eigenvalue weighted by Gasteiger charge is -2.35. The predicted molar refractivity (Wildman–Crippen MR) is 57.4 cm³/mol. The molecule has 4 heteroatoms. The number of para-hydroxylation sites is 1. The Morgan fingerprint density at radius 2 is 1.81 bits per heavy atom. The molecule has 0 aliphatic carbocycles. The molecule has 1 saturated heterocycles. The van der Waals surface area contributed by atoms with Gasteiger partial charge in [0, 0.05) is 18.8 Å². The Morgan fingerprint density at radius 3 is 2.44 bits per heavy atom. The van der Waals surface area contributed by atoms with E-state index in [1.54, 1.807) is 0 Å². The lowest BCUT2D eigenvalue weighted by molar-refractivity contribution is -0.175. The fraction of sp³-hybridized carbons (Fsp3) is 0.500. The molecule has 0 N–H and O–H groups in total. The van der Waals surface area contributed by atoms with Crippen molar-refractivity contribution in [3.8, 4) is 0 Å². The lowest BCUT2D eigenvalue weighted by atomic mass is 9.97. The van der Waals surface area contributed by atoms with Gasteiger partial charge in [0.1, 0.15) is 0 Å². The molecule has 0 saturated carbocycles. The summed E-state index contributed by atoms with van der Waals surface area (Å²) in [6.45, 7) is 0.810. The van der Waals surface area contributed by atoms with E-state index in [1.165, 1.54) is 0 Å². The third-order valence-electron chi connectivity index (χ3n) is 3.01. The van der Waals surface area contributed by atoms with Crippen LogP contribution < -0.4 is 4.90 Å². The maximum absolute atomic E-state index is 12.6. The van der Waals surface area contributed by atoms with Crippen molar-refractivity contribution < 1.29 is 13.2 Å². The van der Waals surface area contributed by atoms with Crippen LogP contribution in [0.1, 0.15) is 12.8 Å². The third-order valence-corrected chi connectivity index (χ3v) is 3.01. The van der Waals surface area contributed by atoms with Crippen LogP contribution in [0.25, 0.3) is 0 Å². The zero-order valence-electron chi connectivity index (χ0n) is 8.87. The average Bonchev–Trinajstić information content (AvgIpc) is 2.29. The molecule has 1 fully saturated rings. The molecule has 0 aromatic heterocycles. The van der Waals surface area contributed by atoms with E-state index in [9.17, 15) is 13.2 Å². The molecule has 1 aliphatic heterocycles. The molecule has 1 nitrogen and oxygen atoms in total. The summed E-state index contributed by atoms with van der Waals surface area (Å²) in [5, 5.41) is 0. The summed E-state index contributed by atoms with van der Waals surface area (Å²) in [4.78, 5) is 1.82. The van der Waals surface area contributed by atoms with E-state index in [-0.39, 0.29) is 13.0 Å². The van der Waals surface area contributed by atoms with Gasteiger partial charge in [0.05, 0.1) is 5.92 Å². The zero-order valence-corrected chi connectivity index (χ0v) is 8.87. The number of alkyl halides is 3. The minimum absolute atomic E-state index is 0.0908. The van der Waals surface area contributed by atoms with Crippen LogP contribution in [0.15, 0.2) is 30.3 Å². The fourth-order valence-corrected chi connectivity index (χ4v) is 2.12. The Balaban J connectivity index is 2.08. The van der Waals surface area contributed by atoms with Crippen molar-refractivity contribution >= 4 is 5.69 Å². The van der Waals surface area contributed by atoms with Crippen molar-refractivity contribution in [1.82, 2.24) is 0 Å². The van der Waals surface area contributed by atoms with Gasteiger partial charge in [0.25, 0.3) is 0 Å². The van der Waals surface area contributed by atoms with Crippen molar-refractivity contribution in [2.75, 3.05) is 18.0 Å². The Morgan fingerprint density at radius 1 is 1.12 bits per heavy atom. The van der Waals surface area contributed by atoms with E-state index in [1.807, 2.05) is 35.2 Å². The molecular formula is C12H14F3N. The third kappa shape index (κ3) is 2.49. The highest BCUT2D eigenvalue weighted by molar-refractivity contribution is 5.46. The number of benzene rings is 1. The van der Waals surface area contributed by atoms with Crippen LogP contribution in [0.4, 0.5) is 18.9 Å². The summed E-state index contributed by atoms with van der Waals surface area (Å²) in [5.74, 6) is -1.18. The van der Waals surface area contributed by atoms with Gasteiger partial charge < -0.3 is 4.90 Å². The number of hydrogen-bond donors (Lipinski definition) is 0. The fourth-order valence-electron chi connectivity index (χ4n) is 2.12. The number of hydrogen-bond acceptors (Lipinski definition) is 1. The van der Waals surface area contributed by atoms with Gasteiger partial charge >= 0.3 is 6.18 Å². The number of halogens is 3. The minimum atomic E-state index is -4.06. The molecule has 0 amide bonds. The quantitative estimate of drug-likeness (QED) is 0.712. The number of nitrogens with zero attached hydrogens (tertiary/aromatic N) is 1. The van der Waals surface area contributed by atoms with Gasteiger partial charge in [-0.3, -0.25) is 0 Å². The van der Waals surface area contributed by atoms with Crippen LogP contribution in [0, 0.1) is 5.92 Å². The Labute approximate surface area is 92.9 Å². The van der Waals surface area contributed by atoms with Crippen LogP contribution in [-0.2, 0) is 0 Å². The second-order valence-corrected chi connectivity index (χ2v) is 4.16. The normalized spacial score (nSPS) is 22.2. The second kappa shape index (κ2) is 4.36. The molecule has 1 unspecified atom stereocenters. The van der Waals surface area contributed by atoms with Gasteiger partial charge in [0.2, 0.25) is 0 Å². The van der Waals surface area contributed by atoms with Gasteiger partial charge in [-0.1, -0.05) is 18.2 Å². The van der Waals surface area contributed by atoms with E-state index in [4.69, 9.17) is 0 Å². The molecule has 0 radical (unpaired) electrons. The first-order valence-electron chi connectivity index (χ1n) is 5.44. The highest BCUT2D eigenvalue weighted by Crippen LogP contribution is 2.34. The average molecular weight is 229 g/mol.